The summed E-state index contributed by atoms with van der Waals surface area (Å²) in [5, 5.41) is 9.00. The van der Waals surface area contributed by atoms with Gasteiger partial charge in [-0.15, -0.1) is 0 Å². The Hall–Kier alpha value is -3.66. The average molecular weight is 377 g/mol. The minimum atomic E-state index is -0.376. The quantitative estimate of drug-likeness (QED) is 0.696. The number of benzene rings is 2. The van der Waals surface area contributed by atoms with Gasteiger partial charge in [0.1, 0.15) is 17.3 Å². The molecule has 1 aliphatic rings. The number of oxazole rings is 1. The Labute approximate surface area is 160 Å². The van der Waals surface area contributed by atoms with Crippen molar-refractivity contribution in [1.82, 2.24) is 9.88 Å². The highest BCUT2D eigenvalue weighted by atomic mass is 19.1. The largest absolute Gasteiger partial charge is 0.484 e. The van der Waals surface area contributed by atoms with E-state index in [0.717, 1.165) is 5.69 Å². The van der Waals surface area contributed by atoms with Crippen LogP contribution in [0.3, 0.4) is 0 Å². The molecule has 6 nitrogen and oxygen atoms in total. The molecule has 0 fully saturated rings. The van der Waals surface area contributed by atoms with E-state index >= 15 is 0 Å². The van der Waals surface area contributed by atoms with Crippen LogP contribution in [0.2, 0.25) is 0 Å². The summed E-state index contributed by atoms with van der Waals surface area (Å²) in [7, 11) is 0. The van der Waals surface area contributed by atoms with Crippen molar-refractivity contribution < 1.29 is 18.3 Å². The molecule has 7 heteroatoms. The molecule has 0 spiro atoms. The maximum absolute atomic E-state index is 13.2. The molecule has 28 heavy (non-hydrogen) atoms. The van der Waals surface area contributed by atoms with Gasteiger partial charge in [-0.2, -0.15) is 5.26 Å². The Morgan fingerprint density at radius 2 is 2.14 bits per heavy atom. The van der Waals surface area contributed by atoms with Crippen LogP contribution in [-0.2, 0) is 19.6 Å². The summed E-state index contributed by atoms with van der Waals surface area (Å²) in [6.45, 7) is 0.895. The predicted octanol–water partition coefficient (Wildman–Crippen LogP) is 3.46. The Balaban J connectivity index is 1.44. The van der Waals surface area contributed by atoms with E-state index in [2.05, 4.69) is 4.98 Å². The van der Waals surface area contributed by atoms with E-state index in [9.17, 15) is 9.18 Å². The van der Waals surface area contributed by atoms with Gasteiger partial charge in [0.15, 0.2) is 6.61 Å². The van der Waals surface area contributed by atoms with E-state index in [0.29, 0.717) is 48.0 Å². The number of hydrogen-bond donors (Lipinski definition) is 0. The van der Waals surface area contributed by atoms with Gasteiger partial charge in [0.2, 0.25) is 5.89 Å². The third-order valence-corrected chi connectivity index (χ3v) is 4.46. The molecule has 0 unspecified atom stereocenters. The number of halogens is 1. The number of amides is 1. The predicted molar refractivity (Wildman–Crippen MR) is 96.8 cm³/mol. The smallest absolute Gasteiger partial charge is 0.254 e. The maximum atomic E-state index is 13.2. The SMILES string of the molecule is N#Cc1cccc(C(=O)N2CCc3nc(COc4cccc(F)c4)oc3C2)c1. The number of ether oxygens (including phenoxy) is 1. The van der Waals surface area contributed by atoms with Crippen molar-refractivity contribution in [2.75, 3.05) is 6.54 Å². The molecular formula is C21H16FN3O3. The van der Waals surface area contributed by atoms with E-state index in [-0.39, 0.29) is 18.3 Å². The number of hydrogen-bond acceptors (Lipinski definition) is 5. The third-order valence-electron chi connectivity index (χ3n) is 4.46. The van der Waals surface area contributed by atoms with Gasteiger partial charge in [-0.1, -0.05) is 12.1 Å². The van der Waals surface area contributed by atoms with Crippen molar-refractivity contribution in [3.05, 3.63) is 82.8 Å². The van der Waals surface area contributed by atoms with Crippen molar-refractivity contribution in [2.24, 2.45) is 0 Å². The Kier molecular flexibility index (Phi) is 4.77. The second kappa shape index (κ2) is 7.53. The van der Waals surface area contributed by atoms with Crippen LogP contribution < -0.4 is 4.74 Å². The summed E-state index contributed by atoms with van der Waals surface area (Å²) in [6, 6.07) is 14.5. The van der Waals surface area contributed by atoms with E-state index in [4.69, 9.17) is 14.4 Å². The fourth-order valence-electron chi connectivity index (χ4n) is 3.09. The van der Waals surface area contributed by atoms with Gasteiger partial charge in [0.25, 0.3) is 5.91 Å². The lowest BCUT2D eigenvalue weighted by Gasteiger charge is -2.25. The monoisotopic (exact) mass is 377 g/mol. The highest BCUT2D eigenvalue weighted by Gasteiger charge is 2.26. The first-order valence-corrected chi connectivity index (χ1v) is 8.77. The van der Waals surface area contributed by atoms with Crippen LogP contribution in [0.15, 0.2) is 52.9 Å². The molecule has 1 amide bonds. The second-order valence-electron chi connectivity index (χ2n) is 6.39. The highest BCUT2D eigenvalue weighted by molar-refractivity contribution is 5.94. The molecule has 0 aliphatic carbocycles. The van der Waals surface area contributed by atoms with Crippen molar-refractivity contribution in [2.45, 2.75) is 19.6 Å². The summed E-state index contributed by atoms with van der Waals surface area (Å²) >= 11 is 0. The zero-order valence-corrected chi connectivity index (χ0v) is 14.9. The fraction of sp³-hybridized carbons (Fsp3) is 0.190. The highest BCUT2D eigenvalue weighted by Crippen LogP contribution is 2.23. The number of carbonyl (C=O) groups excluding carboxylic acids is 1. The van der Waals surface area contributed by atoms with Gasteiger partial charge in [-0.3, -0.25) is 4.79 Å². The molecule has 0 atom stereocenters. The van der Waals surface area contributed by atoms with Crippen molar-refractivity contribution in [1.29, 1.82) is 5.26 Å². The summed E-state index contributed by atoms with van der Waals surface area (Å²) in [5.74, 6) is 0.866. The fourth-order valence-corrected chi connectivity index (χ4v) is 3.09. The molecule has 0 bridgehead atoms. The molecule has 0 N–H and O–H groups in total. The van der Waals surface area contributed by atoms with Crippen molar-refractivity contribution >= 4 is 5.91 Å². The van der Waals surface area contributed by atoms with E-state index in [1.807, 2.05) is 6.07 Å². The molecule has 2 heterocycles. The summed E-state index contributed by atoms with van der Waals surface area (Å²) < 4.78 is 24.5. The topological polar surface area (TPSA) is 79.4 Å². The van der Waals surface area contributed by atoms with Crippen LogP contribution >= 0.6 is 0 Å². The van der Waals surface area contributed by atoms with Gasteiger partial charge in [0, 0.05) is 24.6 Å². The van der Waals surface area contributed by atoms with Crippen LogP contribution in [0.4, 0.5) is 4.39 Å². The lowest BCUT2D eigenvalue weighted by molar-refractivity contribution is 0.0718. The first kappa shape index (κ1) is 17.7. The zero-order chi connectivity index (χ0) is 19.5. The third kappa shape index (κ3) is 3.71. The minimum absolute atomic E-state index is 0.0780. The van der Waals surface area contributed by atoms with Crippen LogP contribution in [0.1, 0.15) is 33.3 Å². The van der Waals surface area contributed by atoms with Crippen LogP contribution in [-0.4, -0.2) is 22.3 Å². The van der Waals surface area contributed by atoms with Crippen LogP contribution in [0.25, 0.3) is 0 Å². The maximum Gasteiger partial charge on any atom is 0.254 e. The molecule has 1 aromatic heterocycles. The molecule has 0 radical (unpaired) electrons. The lowest BCUT2D eigenvalue weighted by atomic mass is 10.1. The summed E-state index contributed by atoms with van der Waals surface area (Å²) in [6.07, 6.45) is 0.572. The first-order valence-electron chi connectivity index (χ1n) is 8.77. The van der Waals surface area contributed by atoms with E-state index < -0.39 is 0 Å². The summed E-state index contributed by atoms with van der Waals surface area (Å²) in [4.78, 5) is 18.8. The minimum Gasteiger partial charge on any atom is -0.484 e. The molecule has 1 aliphatic heterocycles. The van der Waals surface area contributed by atoms with E-state index in [1.165, 1.54) is 12.1 Å². The average Bonchev–Trinajstić information content (AvgIpc) is 3.14. The molecule has 140 valence electrons. The number of nitrogens with zero attached hydrogens (tertiary/aromatic N) is 3. The Morgan fingerprint density at radius 3 is 2.96 bits per heavy atom. The summed E-state index contributed by atoms with van der Waals surface area (Å²) in [5.41, 5.74) is 1.71. The Morgan fingerprint density at radius 1 is 1.29 bits per heavy atom. The molecule has 0 saturated heterocycles. The lowest BCUT2D eigenvalue weighted by Crippen LogP contribution is -2.35. The molecule has 0 saturated carbocycles. The number of aromatic nitrogens is 1. The van der Waals surface area contributed by atoms with Gasteiger partial charge >= 0.3 is 0 Å². The second-order valence-corrected chi connectivity index (χ2v) is 6.39. The van der Waals surface area contributed by atoms with Gasteiger partial charge < -0.3 is 14.1 Å². The normalized spacial score (nSPS) is 12.9. The first-order chi connectivity index (χ1) is 13.6. The van der Waals surface area contributed by atoms with Crippen molar-refractivity contribution in [3.8, 4) is 11.8 Å². The van der Waals surface area contributed by atoms with Gasteiger partial charge in [0.05, 0.1) is 23.9 Å². The molecule has 2 aromatic carbocycles. The number of rotatable bonds is 4. The molecular weight excluding hydrogens is 361 g/mol. The molecule has 3 aromatic rings. The van der Waals surface area contributed by atoms with E-state index in [1.54, 1.807) is 41.3 Å². The Bertz CT molecular complexity index is 1070. The van der Waals surface area contributed by atoms with Gasteiger partial charge in [-0.25, -0.2) is 9.37 Å². The number of carbonyl (C=O) groups is 1. The molecule has 4 rings (SSSR count). The van der Waals surface area contributed by atoms with Crippen molar-refractivity contribution in [3.63, 3.8) is 0 Å². The van der Waals surface area contributed by atoms with Crippen LogP contribution in [0.5, 0.6) is 5.75 Å². The van der Waals surface area contributed by atoms with Gasteiger partial charge in [-0.05, 0) is 30.3 Å². The standard InChI is InChI=1S/C21H16FN3O3/c22-16-5-2-6-17(10-16)27-13-20-24-18-7-8-25(12-19(18)28-20)21(26)15-4-1-3-14(9-15)11-23/h1-6,9-10H,7-8,12-13H2. The number of nitriles is 1. The number of fused-ring (bicyclic) bond motifs is 1. The van der Waals surface area contributed by atoms with Crippen LogP contribution in [0, 0.1) is 17.1 Å². The zero-order valence-electron chi connectivity index (χ0n) is 14.9.